The van der Waals surface area contributed by atoms with Crippen LogP contribution in [0.4, 0.5) is 26.3 Å². The highest BCUT2D eigenvalue weighted by atomic mass is 19.4. The van der Waals surface area contributed by atoms with E-state index in [0.717, 1.165) is 4.90 Å². The third kappa shape index (κ3) is 4.71. The van der Waals surface area contributed by atoms with Crippen molar-refractivity contribution in [2.24, 2.45) is 0 Å². The molecule has 0 aliphatic carbocycles. The Morgan fingerprint density at radius 2 is 1.74 bits per heavy atom. The zero-order valence-corrected chi connectivity index (χ0v) is 12.0. The van der Waals surface area contributed by atoms with Crippen molar-refractivity contribution in [1.29, 1.82) is 0 Å². The maximum absolute atomic E-state index is 13.0. The van der Waals surface area contributed by atoms with Crippen LogP contribution in [0.1, 0.15) is 12.0 Å². The highest BCUT2D eigenvalue weighted by Gasteiger charge is 2.51. The second-order valence-corrected chi connectivity index (χ2v) is 5.37. The first-order valence-electron chi connectivity index (χ1n) is 6.82. The van der Waals surface area contributed by atoms with Gasteiger partial charge in [-0.05, 0) is 5.56 Å². The van der Waals surface area contributed by atoms with Crippen LogP contribution >= 0.6 is 0 Å². The van der Waals surface area contributed by atoms with Crippen molar-refractivity contribution in [3.63, 3.8) is 0 Å². The minimum absolute atomic E-state index is 0.0555. The SMILES string of the molecule is C=C(C[C@@H]1CN(Cc2ccccc2)[C@@H](C(F)(F)F)O1)C(F)(F)F. The minimum atomic E-state index is -4.68. The van der Waals surface area contributed by atoms with Crippen LogP contribution in [0.25, 0.3) is 0 Å². The summed E-state index contributed by atoms with van der Waals surface area (Å²) in [6, 6.07) is 8.38. The molecule has 0 bridgehead atoms. The highest BCUT2D eigenvalue weighted by Crippen LogP contribution is 2.36. The molecule has 0 amide bonds. The van der Waals surface area contributed by atoms with Crippen molar-refractivity contribution in [3.05, 3.63) is 48.0 Å². The molecule has 2 nitrogen and oxygen atoms in total. The second kappa shape index (κ2) is 6.52. The standard InChI is InChI=1S/C15H15F6NO/c1-10(14(16,17)18)7-12-9-22(13(23-12)15(19,20)21)8-11-5-3-2-4-6-11/h2-6,12-13H,1,7-9H2/t12-,13-/m1/s1. The zero-order chi connectivity index (χ0) is 17.3. The summed E-state index contributed by atoms with van der Waals surface area (Å²) in [6.45, 7) is 2.58. The first-order valence-corrected chi connectivity index (χ1v) is 6.82. The monoisotopic (exact) mass is 339 g/mol. The summed E-state index contributed by atoms with van der Waals surface area (Å²) in [5, 5.41) is 0. The summed E-state index contributed by atoms with van der Waals surface area (Å²) in [5.74, 6) is 0. The summed E-state index contributed by atoms with van der Waals surface area (Å²) in [5.41, 5.74) is -0.467. The normalized spacial score (nSPS) is 23.2. The van der Waals surface area contributed by atoms with Crippen LogP contribution in [0, 0.1) is 0 Å². The maximum atomic E-state index is 13.0. The molecular weight excluding hydrogens is 324 g/mol. The Bertz CT molecular complexity index is 539. The van der Waals surface area contributed by atoms with Crippen LogP contribution in [0.15, 0.2) is 42.5 Å². The van der Waals surface area contributed by atoms with Gasteiger partial charge in [0.05, 0.1) is 6.10 Å². The van der Waals surface area contributed by atoms with Crippen LogP contribution in [-0.2, 0) is 11.3 Å². The summed E-state index contributed by atoms with van der Waals surface area (Å²) in [4.78, 5) is 0.990. The molecule has 1 heterocycles. The molecule has 0 radical (unpaired) electrons. The fourth-order valence-electron chi connectivity index (χ4n) is 2.42. The van der Waals surface area contributed by atoms with Crippen LogP contribution in [0.3, 0.4) is 0 Å². The molecule has 0 unspecified atom stereocenters. The van der Waals surface area contributed by atoms with Crippen molar-refractivity contribution < 1.29 is 31.1 Å². The molecule has 8 heteroatoms. The second-order valence-electron chi connectivity index (χ2n) is 5.37. The number of ether oxygens (including phenoxy) is 1. The third-order valence-electron chi connectivity index (χ3n) is 3.47. The molecule has 0 N–H and O–H groups in total. The smallest absolute Gasteiger partial charge is 0.349 e. The Morgan fingerprint density at radius 3 is 2.26 bits per heavy atom. The molecule has 1 aliphatic heterocycles. The van der Waals surface area contributed by atoms with Crippen molar-refractivity contribution in [3.8, 4) is 0 Å². The molecule has 1 aromatic rings. The third-order valence-corrected chi connectivity index (χ3v) is 3.47. The highest BCUT2D eigenvalue weighted by molar-refractivity contribution is 5.15. The Hall–Kier alpha value is -1.54. The predicted molar refractivity (Wildman–Crippen MR) is 71.4 cm³/mol. The lowest BCUT2D eigenvalue weighted by Crippen LogP contribution is -2.41. The molecule has 2 rings (SSSR count). The summed E-state index contributed by atoms with van der Waals surface area (Å²) in [7, 11) is 0. The van der Waals surface area contributed by atoms with Gasteiger partial charge >= 0.3 is 12.4 Å². The minimum Gasteiger partial charge on any atom is -0.349 e. The van der Waals surface area contributed by atoms with E-state index >= 15 is 0 Å². The van der Waals surface area contributed by atoms with E-state index in [0.29, 0.717) is 5.56 Å². The van der Waals surface area contributed by atoms with Gasteiger partial charge in [0.1, 0.15) is 0 Å². The van der Waals surface area contributed by atoms with Crippen molar-refractivity contribution in [2.45, 2.75) is 37.7 Å². The van der Waals surface area contributed by atoms with Gasteiger partial charge in [-0.15, -0.1) is 0 Å². The molecule has 1 fully saturated rings. The number of hydrogen-bond donors (Lipinski definition) is 0. The van der Waals surface area contributed by atoms with Crippen molar-refractivity contribution >= 4 is 0 Å². The molecular formula is C15H15F6NO. The van der Waals surface area contributed by atoms with Gasteiger partial charge in [-0.25, -0.2) is 0 Å². The van der Waals surface area contributed by atoms with Gasteiger partial charge in [-0.1, -0.05) is 36.9 Å². The van der Waals surface area contributed by atoms with E-state index in [9.17, 15) is 26.3 Å². The van der Waals surface area contributed by atoms with Gasteiger partial charge in [0.2, 0.25) is 6.23 Å². The number of alkyl halides is 6. The first-order chi connectivity index (χ1) is 10.6. The summed E-state index contributed by atoms with van der Waals surface area (Å²) < 4.78 is 81.4. The number of rotatable bonds is 4. The molecule has 0 saturated carbocycles. The molecule has 2 atom stereocenters. The van der Waals surface area contributed by atoms with E-state index < -0.39 is 36.7 Å². The van der Waals surface area contributed by atoms with Gasteiger partial charge in [-0.2, -0.15) is 26.3 Å². The zero-order valence-electron chi connectivity index (χ0n) is 12.0. The Balaban J connectivity index is 2.09. The van der Waals surface area contributed by atoms with Gasteiger partial charge in [0.25, 0.3) is 0 Å². The molecule has 128 valence electrons. The molecule has 1 saturated heterocycles. The fourth-order valence-corrected chi connectivity index (χ4v) is 2.42. The Kier molecular flexibility index (Phi) is 5.05. The maximum Gasteiger partial charge on any atom is 0.428 e. The van der Waals surface area contributed by atoms with Gasteiger partial charge < -0.3 is 4.74 Å². The molecule has 0 aromatic heterocycles. The topological polar surface area (TPSA) is 12.5 Å². The van der Waals surface area contributed by atoms with Crippen LogP contribution in [-0.4, -0.2) is 36.1 Å². The number of halogens is 6. The predicted octanol–water partition coefficient (Wildman–Crippen LogP) is 4.28. The van der Waals surface area contributed by atoms with Crippen LogP contribution in [0.2, 0.25) is 0 Å². The van der Waals surface area contributed by atoms with E-state index in [1.807, 2.05) is 0 Å². The largest absolute Gasteiger partial charge is 0.428 e. The molecule has 1 aliphatic rings. The van der Waals surface area contributed by atoms with Crippen molar-refractivity contribution in [1.82, 2.24) is 4.90 Å². The van der Waals surface area contributed by atoms with Gasteiger partial charge in [-0.3, -0.25) is 4.90 Å². The summed E-state index contributed by atoms with van der Waals surface area (Å²) in [6.07, 6.45) is -13.4. The van der Waals surface area contributed by atoms with E-state index in [1.54, 1.807) is 30.3 Å². The van der Waals surface area contributed by atoms with Crippen LogP contribution in [0.5, 0.6) is 0 Å². The lowest BCUT2D eigenvalue weighted by molar-refractivity contribution is -0.247. The fraction of sp³-hybridized carbons (Fsp3) is 0.467. The number of hydrogen-bond acceptors (Lipinski definition) is 2. The van der Waals surface area contributed by atoms with E-state index in [1.165, 1.54) is 0 Å². The average molecular weight is 339 g/mol. The average Bonchev–Trinajstić information content (AvgIpc) is 2.81. The molecule has 1 aromatic carbocycles. The Morgan fingerprint density at radius 1 is 1.13 bits per heavy atom. The Labute approximate surface area is 129 Å². The number of benzene rings is 1. The van der Waals surface area contributed by atoms with E-state index in [4.69, 9.17) is 4.74 Å². The lowest BCUT2D eigenvalue weighted by atomic mass is 10.1. The van der Waals surface area contributed by atoms with E-state index in [-0.39, 0.29) is 13.1 Å². The number of nitrogens with zero attached hydrogens (tertiary/aromatic N) is 1. The molecule has 0 spiro atoms. The van der Waals surface area contributed by atoms with Crippen LogP contribution < -0.4 is 0 Å². The summed E-state index contributed by atoms with van der Waals surface area (Å²) >= 11 is 0. The lowest BCUT2D eigenvalue weighted by Gasteiger charge is -2.24. The first kappa shape index (κ1) is 17.8. The van der Waals surface area contributed by atoms with Crippen molar-refractivity contribution in [2.75, 3.05) is 6.54 Å². The van der Waals surface area contributed by atoms with Gasteiger partial charge in [0.15, 0.2) is 0 Å². The van der Waals surface area contributed by atoms with Gasteiger partial charge in [0, 0.05) is 25.1 Å². The quantitative estimate of drug-likeness (QED) is 0.600. The molecule has 23 heavy (non-hydrogen) atoms. The van der Waals surface area contributed by atoms with E-state index in [2.05, 4.69) is 6.58 Å².